The van der Waals surface area contributed by atoms with Gasteiger partial charge >= 0.3 is 6.09 Å². The van der Waals surface area contributed by atoms with Crippen LogP contribution in [0.5, 0.6) is 0 Å². The molecule has 0 saturated carbocycles. The molecule has 3 rings (SSSR count). The maximum atomic E-state index is 12.9. The quantitative estimate of drug-likeness (QED) is 0.902. The largest absolute Gasteiger partial charge is 0.444 e. The third kappa shape index (κ3) is 3.99. The van der Waals surface area contributed by atoms with Gasteiger partial charge in [-0.15, -0.1) is 0 Å². The molecular formula is C22H28N2O3. The lowest BCUT2D eigenvalue weighted by atomic mass is 9.80. The van der Waals surface area contributed by atoms with Crippen LogP contribution in [0.1, 0.15) is 31.9 Å². The van der Waals surface area contributed by atoms with Gasteiger partial charge in [0.25, 0.3) is 0 Å². The molecule has 0 aliphatic carbocycles. The Hall–Kier alpha value is -2.37. The van der Waals surface area contributed by atoms with Gasteiger partial charge in [-0.2, -0.15) is 0 Å². The fourth-order valence-corrected chi connectivity index (χ4v) is 3.61. The standard InChI is InChI=1S/C22H28N2O3/c1-21(2,3)27-20(25)24-16-23(4)15-19(24)22(26,17-11-7-5-8-12-17)18-13-9-6-10-14-18/h5-14,19,26H,15-16H2,1-4H3/t19-/m1/s1. The van der Waals surface area contributed by atoms with Crippen LogP contribution in [0, 0.1) is 0 Å². The minimum atomic E-state index is -1.34. The van der Waals surface area contributed by atoms with Crippen LogP contribution >= 0.6 is 0 Å². The summed E-state index contributed by atoms with van der Waals surface area (Å²) in [5.74, 6) is 0. The first-order chi connectivity index (χ1) is 12.7. The molecule has 1 saturated heterocycles. The number of benzene rings is 2. The number of likely N-dealkylation sites (N-methyl/N-ethyl adjacent to an activating group) is 1. The molecule has 1 heterocycles. The highest BCUT2D eigenvalue weighted by molar-refractivity contribution is 5.69. The van der Waals surface area contributed by atoms with Gasteiger partial charge in [0.1, 0.15) is 11.2 Å². The van der Waals surface area contributed by atoms with Crippen molar-refractivity contribution >= 4 is 6.09 Å². The highest BCUT2D eigenvalue weighted by Crippen LogP contribution is 2.38. The van der Waals surface area contributed by atoms with Crippen molar-refractivity contribution in [1.82, 2.24) is 9.80 Å². The van der Waals surface area contributed by atoms with E-state index in [1.807, 2.05) is 93.4 Å². The normalized spacial score (nSPS) is 18.6. The third-order valence-corrected chi connectivity index (χ3v) is 4.79. The summed E-state index contributed by atoms with van der Waals surface area (Å²) in [7, 11) is 1.94. The maximum Gasteiger partial charge on any atom is 0.411 e. The minimum absolute atomic E-state index is 0.404. The van der Waals surface area contributed by atoms with E-state index in [-0.39, 0.29) is 0 Å². The number of amides is 1. The molecule has 0 radical (unpaired) electrons. The van der Waals surface area contributed by atoms with E-state index in [4.69, 9.17) is 4.74 Å². The highest BCUT2D eigenvalue weighted by Gasteiger charge is 2.49. The maximum absolute atomic E-state index is 12.9. The van der Waals surface area contributed by atoms with Gasteiger partial charge in [0.2, 0.25) is 0 Å². The summed E-state index contributed by atoms with van der Waals surface area (Å²) in [5.41, 5.74) is -0.431. The van der Waals surface area contributed by atoms with Crippen LogP contribution in [-0.2, 0) is 10.3 Å². The van der Waals surface area contributed by atoms with Gasteiger partial charge in [-0.25, -0.2) is 4.79 Å². The number of rotatable bonds is 3. The van der Waals surface area contributed by atoms with Crippen molar-refractivity contribution in [2.45, 2.75) is 38.0 Å². The molecule has 2 aromatic rings. The van der Waals surface area contributed by atoms with Gasteiger partial charge in [-0.1, -0.05) is 60.7 Å². The molecule has 5 heteroatoms. The Morgan fingerprint density at radius 1 is 1.00 bits per heavy atom. The predicted molar refractivity (Wildman–Crippen MR) is 105 cm³/mol. The molecular weight excluding hydrogens is 340 g/mol. The van der Waals surface area contributed by atoms with Crippen molar-refractivity contribution in [3.63, 3.8) is 0 Å². The summed E-state index contributed by atoms with van der Waals surface area (Å²) in [5, 5.41) is 12.0. The molecule has 0 spiro atoms. The molecule has 0 bridgehead atoms. The van der Waals surface area contributed by atoms with Crippen LogP contribution in [0.15, 0.2) is 60.7 Å². The molecule has 0 aromatic heterocycles. The number of hydrogen-bond acceptors (Lipinski definition) is 4. The van der Waals surface area contributed by atoms with E-state index in [0.29, 0.717) is 13.2 Å². The SMILES string of the molecule is CN1C[C@H](C(O)(c2ccccc2)c2ccccc2)N(C(=O)OC(C)(C)C)C1. The Labute approximate surface area is 161 Å². The molecule has 2 aromatic carbocycles. The minimum Gasteiger partial charge on any atom is -0.444 e. The number of carbonyl (C=O) groups is 1. The van der Waals surface area contributed by atoms with Crippen molar-refractivity contribution < 1.29 is 14.6 Å². The molecule has 1 amide bonds. The Bertz CT molecular complexity index is 732. The lowest BCUT2D eigenvalue weighted by Gasteiger charge is -2.39. The average Bonchev–Trinajstić information content (AvgIpc) is 3.04. The van der Waals surface area contributed by atoms with E-state index >= 15 is 0 Å². The molecule has 1 aliphatic heterocycles. The van der Waals surface area contributed by atoms with Gasteiger partial charge in [-0.3, -0.25) is 9.80 Å². The van der Waals surface area contributed by atoms with E-state index < -0.39 is 23.3 Å². The first-order valence-corrected chi connectivity index (χ1v) is 9.23. The number of hydrogen-bond donors (Lipinski definition) is 1. The zero-order valence-corrected chi connectivity index (χ0v) is 16.4. The van der Waals surface area contributed by atoms with Crippen molar-refractivity contribution in [1.29, 1.82) is 0 Å². The Morgan fingerprint density at radius 2 is 1.48 bits per heavy atom. The Morgan fingerprint density at radius 3 is 1.93 bits per heavy atom. The summed E-state index contributed by atoms with van der Waals surface area (Å²) in [6.45, 7) is 6.49. The average molecular weight is 368 g/mol. The van der Waals surface area contributed by atoms with Crippen LogP contribution in [0.25, 0.3) is 0 Å². The zero-order chi connectivity index (χ0) is 19.7. The van der Waals surface area contributed by atoms with Crippen LogP contribution in [0.4, 0.5) is 4.79 Å². The van der Waals surface area contributed by atoms with Gasteiger partial charge < -0.3 is 9.84 Å². The predicted octanol–water partition coefficient (Wildman–Crippen LogP) is 3.43. The zero-order valence-electron chi connectivity index (χ0n) is 16.4. The smallest absolute Gasteiger partial charge is 0.411 e. The fraction of sp³-hybridized carbons (Fsp3) is 0.409. The van der Waals surface area contributed by atoms with Crippen molar-refractivity contribution in [2.75, 3.05) is 20.3 Å². The molecule has 1 N–H and O–H groups in total. The van der Waals surface area contributed by atoms with Crippen LogP contribution in [0.2, 0.25) is 0 Å². The van der Waals surface area contributed by atoms with Gasteiger partial charge in [0.15, 0.2) is 0 Å². The summed E-state index contributed by atoms with van der Waals surface area (Å²) >= 11 is 0. The van der Waals surface area contributed by atoms with Crippen LogP contribution < -0.4 is 0 Å². The van der Waals surface area contributed by atoms with Gasteiger partial charge in [0.05, 0.1) is 12.7 Å². The van der Waals surface area contributed by atoms with Crippen molar-refractivity contribution in [3.05, 3.63) is 71.8 Å². The van der Waals surface area contributed by atoms with Crippen LogP contribution in [-0.4, -0.2) is 52.9 Å². The van der Waals surface area contributed by atoms with Crippen molar-refractivity contribution in [2.24, 2.45) is 0 Å². The molecule has 5 nitrogen and oxygen atoms in total. The number of carbonyl (C=O) groups excluding carboxylic acids is 1. The number of nitrogens with zero attached hydrogens (tertiary/aromatic N) is 2. The monoisotopic (exact) mass is 368 g/mol. The fourth-order valence-electron chi connectivity index (χ4n) is 3.61. The lowest BCUT2D eigenvalue weighted by molar-refractivity contribution is -0.0219. The second-order valence-electron chi connectivity index (χ2n) is 8.14. The lowest BCUT2D eigenvalue weighted by Crippen LogP contribution is -2.52. The second-order valence-corrected chi connectivity index (χ2v) is 8.14. The molecule has 1 fully saturated rings. The van der Waals surface area contributed by atoms with Crippen molar-refractivity contribution in [3.8, 4) is 0 Å². The van der Waals surface area contributed by atoms with Crippen LogP contribution in [0.3, 0.4) is 0 Å². The summed E-state index contributed by atoms with van der Waals surface area (Å²) in [6, 6.07) is 18.6. The molecule has 27 heavy (non-hydrogen) atoms. The third-order valence-electron chi connectivity index (χ3n) is 4.79. The topological polar surface area (TPSA) is 53.0 Å². The first-order valence-electron chi connectivity index (χ1n) is 9.23. The Balaban J connectivity index is 2.07. The molecule has 144 valence electrons. The summed E-state index contributed by atoms with van der Waals surface area (Å²) < 4.78 is 5.62. The first kappa shape index (κ1) is 19.4. The van der Waals surface area contributed by atoms with Gasteiger partial charge in [-0.05, 0) is 38.9 Å². The molecule has 1 aliphatic rings. The van der Waals surface area contributed by atoms with E-state index in [1.54, 1.807) is 4.90 Å². The summed E-state index contributed by atoms with van der Waals surface area (Å²) in [4.78, 5) is 16.5. The molecule has 0 unspecified atom stereocenters. The van der Waals surface area contributed by atoms with E-state index in [2.05, 4.69) is 0 Å². The van der Waals surface area contributed by atoms with Gasteiger partial charge in [0, 0.05) is 6.54 Å². The van der Waals surface area contributed by atoms with E-state index in [0.717, 1.165) is 11.1 Å². The van der Waals surface area contributed by atoms with E-state index in [9.17, 15) is 9.90 Å². The number of aliphatic hydroxyl groups is 1. The Kier molecular flexibility index (Phi) is 5.27. The second kappa shape index (κ2) is 7.33. The summed E-state index contributed by atoms with van der Waals surface area (Å²) in [6.07, 6.45) is -0.415. The molecule has 1 atom stereocenters. The van der Waals surface area contributed by atoms with E-state index in [1.165, 1.54) is 0 Å². The highest BCUT2D eigenvalue weighted by atomic mass is 16.6. The number of ether oxygens (including phenoxy) is 1.